The first-order chi connectivity index (χ1) is 15.1. The Labute approximate surface area is 187 Å². The van der Waals surface area contributed by atoms with E-state index in [1.807, 2.05) is 0 Å². The molecule has 0 radical (unpaired) electrons. The lowest BCUT2D eigenvalue weighted by atomic mass is 9.74. The Hall–Kier alpha value is -3.26. The predicted octanol–water partition coefficient (Wildman–Crippen LogP) is 4.47. The number of nitrogens with zero attached hydrogens (tertiary/aromatic N) is 4. The maximum atomic E-state index is 14.3. The molecule has 0 aliphatic heterocycles. The minimum Gasteiger partial charge on any atom is -0.494 e. The van der Waals surface area contributed by atoms with Crippen LogP contribution in [0.3, 0.4) is 0 Å². The standard InChI is InChI=1S/C21H18F4N4O2S/c1-28(14-8-15(21(23,24)25)17(10-26)27-11-14)19(30)20(6-3-7-20)29(12-32)13-4-5-18(31-2)16(22)9-13/h4-5,8-9,11-12H,3,6-7H2,1-2H3. The number of ether oxygens (including phenoxy) is 1. The van der Waals surface area contributed by atoms with Crippen molar-refractivity contribution in [2.45, 2.75) is 31.0 Å². The number of aromatic nitrogens is 1. The zero-order chi connectivity index (χ0) is 23.7. The van der Waals surface area contributed by atoms with E-state index in [2.05, 4.69) is 4.98 Å². The SMILES string of the molecule is COc1ccc(N(C=S)C2(C(=O)N(C)c3cnc(C#N)c(C(F)(F)F)c3)CCC2)cc1F. The van der Waals surface area contributed by atoms with Crippen LogP contribution in [0.1, 0.15) is 30.5 Å². The number of benzene rings is 1. The maximum absolute atomic E-state index is 14.3. The zero-order valence-electron chi connectivity index (χ0n) is 17.1. The minimum absolute atomic E-state index is 0.0208. The van der Waals surface area contributed by atoms with Crippen LogP contribution in [0.5, 0.6) is 5.75 Å². The summed E-state index contributed by atoms with van der Waals surface area (Å²) in [6, 6.07) is 6.24. The number of rotatable bonds is 6. The van der Waals surface area contributed by atoms with E-state index in [4.69, 9.17) is 22.2 Å². The summed E-state index contributed by atoms with van der Waals surface area (Å²) in [7, 11) is 2.64. The molecule has 11 heteroatoms. The smallest absolute Gasteiger partial charge is 0.419 e. The molecule has 0 saturated heterocycles. The number of nitriles is 1. The van der Waals surface area contributed by atoms with Gasteiger partial charge < -0.3 is 14.5 Å². The molecule has 0 unspecified atom stereocenters. The van der Waals surface area contributed by atoms with Gasteiger partial charge in [-0.25, -0.2) is 9.37 Å². The summed E-state index contributed by atoms with van der Waals surface area (Å²) < 4.78 is 59.2. The summed E-state index contributed by atoms with van der Waals surface area (Å²) in [5, 5.41) is 8.93. The molecule has 1 aromatic carbocycles. The van der Waals surface area contributed by atoms with E-state index in [0.29, 0.717) is 31.0 Å². The Bertz CT molecular complexity index is 1100. The summed E-state index contributed by atoms with van der Waals surface area (Å²) >= 11 is 5.11. The zero-order valence-corrected chi connectivity index (χ0v) is 17.9. The van der Waals surface area contributed by atoms with Gasteiger partial charge in [0.2, 0.25) is 0 Å². The first-order valence-corrected chi connectivity index (χ1v) is 9.90. The molecule has 0 atom stereocenters. The quantitative estimate of drug-likeness (QED) is 0.462. The van der Waals surface area contributed by atoms with Crippen LogP contribution in [-0.4, -0.2) is 36.1 Å². The van der Waals surface area contributed by atoms with E-state index < -0.39 is 34.7 Å². The third-order valence-corrected chi connectivity index (χ3v) is 5.75. The van der Waals surface area contributed by atoms with E-state index in [9.17, 15) is 22.4 Å². The van der Waals surface area contributed by atoms with E-state index in [1.54, 1.807) is 6.07 Å². The average molecular weight is 466 g/mol. The summed E-state index contributed by atoms with van der Waals surface area (Å²) in [5.41, 5.74) is -1.79. The fourth-order valence-electron chi connectivity index (χ4n) is 3.66. The average Bonchev–Trinajstić information content (AvgIpc) is 2.74. The van der Waals surface area contributed by atoms with Gasteiger partial charge in [-0.1, -0.05) is 12.2 Å². The molecule has 2 aromatic rings. The lowest BCUT2D eigenvalue weighted by Gasteiger charge is -2.49. The number of hydrogen-bond donors (Lipinski definition) is 0. The minimum atomic E-state index is -4.81. The Morgan fingerprint density at radius 2 is 2.00 bits per heavy atom. The van der Waals surface area contributed by atoms with Crippen LogP contribution < -0.4 is 14.5 Å². The third-order valence-electron chi connectivity index (χ3n) is 5.54. The molecule has 32 heavy (non-hydrogen) atoms. The van der Waals surface area contributed by atoms with Crippen molar-refractivity contribution in [3.05, 3.63) is 47.5 Å². The van der Waals surface area contributed by atoms with Crippen LogP contribution in [0.25, 0.3) is 0 Å². The predicted molar refractivity (Wildman–Crippen MR) is 113 cm³/mol. The number of carbonyl (C=O) groups excluding carboxylic acids is 1. The molecular weight excluding hydrogens is 448 g/mol. The van der Waals surface area contributed by atoms with Gasteiger partial charge in [-0.3, -0.25) is 4.79 Å². The monoisotopic (exact) mass is 466 g/mol. The summed E-state index contributed by atoms with van der Waals surface area (Å²) in [5.74, 6) is -1.15. The molecule has 6 nitrogen and oxygen atoms in total. The molecular formula is C21H18F4N4O2S. The van der Waals surface area contributed by atoms with E-state index >= 15 is 0 Å². The van der Waals surface area contributed by atoms with Crippen molar-refractivity contribution in [1.29, 1.82) is 5.26 Å². The lowest BCUT2D eigenvalue weighted by Crippen LogP contribution is -2.63. The van der Waals surface area contributed by atoms with Crippen LogP contribution in [0, 0.1) is 17.1 Å². The number of anilines is 2. The molecule has 1 saturated carbocycles. The van der Waals surface area contributed by atoms with Gasteiger partial charge in [-0.15, -0.1) is 0 Å². The second-order valence-corrected chi connectivity index (χ2v) is 7.45. The number of halogens is 4. The highest BCUT2D eigenvalue weighted by Gasteiger charge is 2.51. The van der Waals surface area contributed by atoms with E-state index in [0.717, 1.165) is 11.1 Å². The number of methoxy groups -OCH3 is 1. The van der Waals surface area contributed by atoms with Crippen molar-refractivity contribution in [3.8, 4) is 11.8 Å². The van der Waals surface area contributed by atoms with E-state index in [-0.39, 0.29) is 11.4 Å². The van der Waals surface area contributed by atoms with Gasteiger partial charge in [0, 0.05) is 18.8 Å². The van der Waals surface area contributed by atoms with Crippen LogP contribution in [0.2, 0.25) is 0 Å². The molecule has 1 aromatic heterocycles. The topological polar surface area (TPSA) is 69.5 Å². The van der Waals surface area contributed by atoms with Crippen LogP contribution in [0.4, 0.5) is 28.9 Å². The Morgan fingerprint density at radius 1 is 1.31 bits per heavy atom. The summed E-state index contributed by atoms with van der Waals surface area (Å²) in [4.78, 5) is 19.5. The molecule has 1 fully saturated rings. The van der Waals surface area contributed by atoms with Gasteiger partial charge in [0.25, 0.3) is 5.91 Å². The van der Waals surface area contributed by atoms with Gasteiger partial charge in [-0.05, 0) is 37.5 Å². The van der Waals surface area contributed by atoms with Crippen molar-refractivity contribution in [2.75, 3.05) is 24.0 Å². The number of hydrogen-bond acceptors (Lipinski definition) is 5. The van der Waals surface area contributed by atoms with Gasteiger partial charge in [-0.2, -0.15) is 18.4 Å². The molecule has 0 spiro atoms. The molecule has 0 bridgehead atoms. The largest absolute Gasteiger partial charge is 0.494 e. The highest BCUT2D eigenvalue weighted by Crippen LogP contribution is 2.43. The second kappa shape index (κ2) is 8.70. The van der Waals surface area contributed by atoms with Crippen LogP contribution in [0.15, 0.2) is 30.5 Å². The number of amides is 1. The fourth-order valence-corrected chi connectivity index (χ4v) is 3.98. The molecule has 1 aliphatic rings. The normalized spacial score (nSPS) is 14.7. The first-order valence-electron chi connectivity index (χ1n) is 9.42. The van der Waals surface area contributed by atoms with Gasteiger partial charge >= 0.3 is 6.18 Å². The Kier molecular flexibility index (Phi) is 6.37. The number of carbonyl (C=O) groups is 1. The van der Waals surface area contributed by atoms with Gasteiger partial charge in [0.05, 0.1) is 30.0 Å². The first kappa shape index (κ1) is 23.4. The Morgan fingerprint density at radius 3 is 2.47 bits per heavy atom. The number of likely N-dealkylation sites (N-methyl/N-ethyl adjacent to an activating group) is 1. The molecule has 1 aliphatic carbocycles. The highest BCUT2D eigenvalue weighted by molar-refractivity contribution is 7.79. The maximum Gasteiger partial charge on any atom is 0.419 e. The molecule has 1 heterocycles. The van der Waals surface area contributed by atoms with Crippen molar-refractivity contribution in [3.63, 3.8) is 0 Å². The van der Waals surface area contributed by atoms with Gasteiger partial charge in [0.1, 0.15) is 11.6 Å². The Balaban J connectivity index is 2.00. The van der Waals surface area contributed by atoms with Crippen molar-refractivity contribution >= 4 is 35.0 Å². The van der Waals surface area contributed by atoms with Gasteiger partial charge in [0.15, 0.2) is 17.3 Å². The van der Waals surface area contributed by atoms with E-state index in [1.165, 1.54) is 42.8 Å². The molecule has 1 amide bonds. The molecule has 168 valence electrons. The molecule has 0 N–H and O–H groups in total. The second-order valence-electron chi connectivity index (χ2n) is 7.24. The van der Waals surface area contributed by atoms with Crippen LogP contribution in [-0.2, 0) is 11.0 Å². The van der Waals surface area contributed by atoms with Crippen LogP contribution >= 0.6 is 12.2 Å². The van der Waals surface area contributed by atoms with Crippen molar-refractivity contribution in [1.82, 2.24) is 4.98 Å². The van der Waals surface area contributed by atoms with Crippen molar-refractivity contribution in [2.24, 2.45) is 0 Å². The summed E-state index contributed by atoms with van der Waals surface area (Å²) in [6.45, 7) is 0. The lowest BCUT2D eigenvalue weighted by molar-refractivity contribution is -0.138. The summed E-state index contributed by atoms with van der Waals surface area (Å²) in [6.07, 6.45) is -2.36. The number of thiocarbonyl (C=S) groups is 1. The molecule has 3 rings (SSSR count). The highest BCUT2D eigenvalue weighted by atomic mass is 32.1. The number of pyridine rings is 1. The third kappa shape index (κ3) is 3.98. The van der Waals surface area contributed by atoms with Crippen molar-refractivity contribution < 1.29 is 27.1 Å². The number of alkyl halides is 3. The fraction of sp³-hybridized carbons (Fsp3) is 0.333.